The fourth-order valence-electron chi connectivity index (χ4n) is 1.42. The summed E-state index contributed by atoms with van der Waals surface area (Å²) in [6.45, 7) is 4.96. The van der Waals surface area contributed by atoms with Crippen LogP contribution < -0.4 is 10.6 Å². The van der Waals surface area contributed by atoms with Gasteiger partial charge in [-0.15, -0.1) is 0 Å². The van der Waals surface area contributed by atoms with Gasteiger partial charge in [-0.05, 0) is 38.1 Å². The number of halogens is 1. The lowest BCUT2D eigenvalue weighted by Gasteiger charge is -2.17. The van der Waals surface area contributed by atoms with E-state index in [1.807, 2.05) is 13.8 Å². The number of hydrogen-bond donors (Lipinski definition) is 2. The highest BCUT2D eigenvalue weighted by atomic mass is 19.1. The number of carbonyl (C=O) groups is 1. The summed E-state index contributed by atoms with van der Waals surface area (Å²) in [5.74, 6) is -0.348. The van der Waals surface area contributed by atoms with Crippen molar-refractivity contribution in [2.24, 2.45) is 0 Å². The minimum absolute atomic E-state index is 0.245. The monoisotopic (exact) mass is 270 g/mol. The van der Waals surface area contributed by atoms with Crippen molar-refractivity contribution in [3.05, 3.63) is 30.1 Å². The first kappa shape index (κ1) is 15.4. The Kier molecular flexibility index (Phi) is 6.84. The molecule has 0 aliphatic heterocycles. The van der Waals surface area contributed by atoms with Crippen molar-refractivity contribution >= 4 is 11.7 Å². The van der Waals surface area contributed by atoms with Crippen LogP contribution in [0.2, 0.25) is 0 Å². The number of ether oxygens (including phenoxy) is 2. The molecule has 2 N–H and O–H groups in total. The maximum absolute atomic E-state index is 12.7. The fourth-order valence-corrected chi connectivity index (χ4v) is 1.42. The molecule has 0 saturated heterocycles. The average Bonchev–Trinajstić information content (AvgIpc) is 2.39. The number of rotatable bonds is 7. The van der Waals surface area contributed by atoms with Crippen LogP contribution in [0.3, 0.4) is 0 Å². The molecule has 6 heteroatoms. The van der Waals surface area contributed by atoms with Gasteiger partial charge >= 0.3 is 6.03 Å². The Bertz CT molecular complexity index is 378. The SMILES string of the molecule is CCOC(CNC(=O)Nc1ccc(F)cc1)OCC. The minimum atomic E-state index is -0.464. The highest BCUT2D eigenvalue weighted by Crippen LogP contribution is 2.07. The molecular formula is C13H19FN2O3. The summed E-state index contributed by atoms with van der Waals surface area (Å²) in [6, 6.07) is 5.13. The predicted molar refractivity (Wildman–Crippen MR) is 70.5 cm³/mol. The highest BCUT2D eigenvalue weighted by molar-refractivity contribution is 5.89. The molecule has 0 spiro atoms. The van der Waals surface area contributed by atoms with Gasteiger partial charge in [0.15, 0.2) is 6.29 Å². The van der Waals surface area contributed by atoms with E-state index in [0.29, 0.717) is 18.9 Å². The Labute approximate surface area is 112 Å². The van der Waals surface area contributed by atoms with E-state index >= 15 is 0 Å². The maximum atomic E-state index is 12.7. The first-order valence-electron chi connectivity index (χ1n) is 6.19. The standard InChI is InChI=1S/C13H19FN2O3/c1-3-18-12(19-4-2)9-15-13(17)16-11-7-5-10(14)6-8-11/h5-8,12H,3-4,9H2,1-2H3,(H2,15,16,17). The Hall–Kier alpha value is -1.66. The third kappa shape index (κ3) is 6.17. The minimum Gasteiger partial charge on any atom is -0.351 e. The number of hydrogen-bond acceptors (Lipinski definition) is 3. The average molecular weight is 270 g/mol. The van der Waals surface area contributed by atoms with Gasteiger partial charge in [0.2, 0.25) is 0 Å². The molecule has 0 fully saturated rings. The Morgan fingerprint density at radius 1 is 1.21 bits per heavy atom. The third-order valence-electron chi connectivity index (χ3n) is 2.24. The van der Waals surface area contributed by atoms with Crippen molar-refractivity contribution in [1.82, 2.24) is 5.32 Å². The smallest absolute Gasteiger partial charge is 0.319 e. The summed E-state index contributed by atoms with van der Waals surface area (Å²) in [6.07, 6.45) is -0.464. The molecule has 106 valence electrons. The summed E-state index contributed by atoms with van der Waals surface area (Å²) in [4.78, 5) is 11.6. The molecule has 0 radical (unpaired) electrons. The molecule has 0 unspecified atom stereocenters. The van der Waals surface area contributed by atoms with Gasteiger partial charge in [0.1, 0.15) is 5.82 Å². The number of urea groups is 1. The second kappa shape index (κ2) is 8.44. The largest absolute Gasteiger partial charge is 0.351 e. The molecule has 1 rings (SSSR count). The summed E-state index contributed by atoms with van der Waals surface area (Å²) in [5, 5.41) is 5.20. The molecule has 2 amide bonds. The first-order valence-corrected chi connectivity index (χ1v) is 6.19. The lowest BCUT2D eigenvalue weighted by molar-refractivity contribution is -0.131. The normalized spacial score (nSPS) is 10.5. The second-order valence-electron chi connectivity index (χ2n) is 3.68. The Balaban J connectivity index is 2.35. The zero-order valence-corrected chi connectivity index (χ0v) is 11.1. The molecular weight excluding hydrogens is 251 g/mol. The molecule has 1 aromatic rings. The Morgan fingerprint density at radius 2 is 1.79 bits per heavy atom. The van der Waals surface area contributed by atoms with Crippen LogP contribution in [0.1, 0.15) is 13.8 Å². The van der Waals surface area contributed by atoms with Gasteiger partial charge < -0.3 is 20.1 Å². The number of amides is 2. The first-order chi connectivity index (χ1) is 9.15. The summed E-state index contributed by atoms with van der Waals surface area (Å²) in [5.41, 5.74) is 0.517. The van der Waals surface area contributed by atoms with Gasteiger partial charge in [0, 0.05) is 18.9 Å². The van der Waals surface area contributed by atoms with E-state index in [4.69, 9.17) is 9.47 Å². The lowest BCUT2D eigenvalue weighted by atomic mass is 10.3. The van der Waals surface area contributed by atoms with Crippen LogP contribution in [0.25, 0.3) is 0 Å². The summed E-state index contributed by atoms with van der Waals surface area (Å²) >= 11 is 0. The van der Waals surface area contributed by atoms with E-state index in [1.54, 1.807) is 0 Å². The molecule has 0 aliphatic carbocycles. The molecule has 0 saturated carbocycles. The number of nitrogens with one attached hydrogen (secondary N) is 2. The fraction of sp³-hybridized carbons (Fsp3) is 0.462. The van der Waals surface area contributed by atoms with Gasteiger partial charge in [-0.2, -0.15) is 0 Å². The van der Waals surface area contributed by atoms with Gasteiger partial charge in [0.25, 0.3) is 0 Å². The quantitative estimate of drug-likeness (QED) is 0.748. The third-order valence-corrected chi connectivity index (χ3v) is 2.24. The van der Waals surface area contributed by atoms with Crippen molar-refractivity contribution in [2.45, 2.75) is 20.1 Å². The molecule has 19 heavy (non-hydrogen) atoms. The van der Waals surface area contributed by atoms with E-state index < -0.39 is 12.3 Å². The molecule has 0 heterocycles. The van der Waals surface area contributed by atoms with Crippen LogP contribution >= 0.6 is 0 Å². The van der Waals surface area contributed by atoms with Crippen LogP contribution in [-0.4, -0.2) is 32.1 Å². The lowest BCUT2D eigenvalue weighted by Crippen LogP contribution is -2.37. The van der Waals surface area contributed by atoms with Gasteiger partial charge in [-0.1, -0.05) is 0 Å². The van der Waals surface area contributed by atoms with E-state index in [-0.39, 0.29) is 12.4 Å². The van der Waals surface area contributed by atoms with Gasteiger partial charge in [0.05, 0.1) is 6.54 Å². The van der Waals surface area contributed by atoms with Gasteiger partial charge in [-0.25, -0.2) is 9.18 Å². The zero-order chi connectivity index (χ0) is 14.1. The molecule has 5 nitrogen and oxygen atoms in total. The number of carbonyl (C=O) groups excluding carboxylic acids is 1. The van der Waals surface area contributed by atoms with Crippen LogP contribution in [0, 0.1) is 5.82 Å². The van der Waals surface area contributed by atoms with E-state index in [0.717, 1.165) is 0 Å². The van der Waals surface area contributed by atoms with Crippen molar-refractivity contribution in [1.29, 1.82) is 0 Å². The van der Waals surface area contributed by atoms with Crippen LogP contribution in [0.15, 0.2) is 24.3 Å². The molecule has 0 bridgehead atoms. The van der Waals surface area contributed by atoms with E-state index in [2.05, 4.69) is 10.6 Å². The van der Waals surface area contributed by atoms with Gasteiger partial charge in [-0.3, -0.25) is 0 Å². The second-order valence-corrected chi connectivity index (χ2v) is 3.68. The van der Waals surface area contributed by atoms with E-state index in [1.165, 1.54) is 24.3 Å². The van der Waals surface area contributed by atoms with Crippen molar-refractivity contribution in [2.75, 3.05) is 25.1 Å². The van der Waals surface area contributed by atoms with E-state index in [9.17, 15) is 9.18 Å². The molecule has 0 aromatic heterocycles. The van der Waals surface area contributed by atoms with Crippen LogP contribution in [-0.2, 0) is 9.47 Å². The van der Waals surface area contributed by atoms with Crippen molar-refractivity contribution < 1.29 is 18.7 Å². The highest BCUT2D eigenvalue weighted by Gasteiger charge is 2.09. The van der Waals surface area contributed by atoms with Crippen LogP contribution in [0.4, 0.5) is 14.9 Å². The molecule has 0 atom stereocenters. The number of benzene rings is 1. The van der Waals surface area contributed by atoms with Crippen LogP contribution in [0.5, 0.6) is 0 Å². The summed E-state index contributed by atoms with van der Waals surface area (Å²) < 4.78 is 23.3. The van der Waals surface area contributed by atoms with Crippen molar-refractivity contribution in [3.8, 4) is 0 Å². The predicted octanol–water partition coefficient (Wildman–Crippen LogP) is 2.35. The Morgan fingerprint density at radius 3 is 2.32 bits per heavy atom. The number of anilines is 1. The summed E-state index contributed by atoms with van der Waals surface area (Å²) in [7, 11) is 0. The maximum Gasteiger partial charge on any atom is 0.319 e. The molecule has 0 aliphatic rings. The zero-order valence-electron chi connectivity index (χ0n) is 11.1. The van der Waals surface area contributed by atoms with Crippen molar-refractivity contribution in [3.63, 3.8) is 0 Å². The topological polar surface area (TPSA) is 59.6 Å². The molecule has 1 aromatic carbocycles.